The van der Waals surface area contributed by atoms with Gasteiger partial charge in [-0.2, -0.15) is 0 Å². The molecule has 9 heteroatoms. The van der Waals surface area contributed by atoms with Crippen LogP contribution in [-0.4, -0.2) is 67.6 Å². The Kier molecular flexibility index (Phi) is 12.6. The number of nitrogens with one attached hydrogen (secondary N) is 3. The standard InChI is InChI=1S/C19H34N6OS.HI/c1-4-9-21-17(26)14-25-11-7-15(8-12-25)24-19(20-3)22-10-6-18-23-13-16(5-2)27-18;/h13,15H,4-12,14H2,1-3H3,(H,21,26)(H2,20,22,24);1H. The van der Waals surface area contributed by atoms with Gasteiger partial charge in [-0.25, -0.2) is 4.98 Å². The Morgan fingerprint density at radius 1 is 1.29 bits per heavy atom. The van der Waals surface area contributed by atoms with Crippen LogP contribution in [0.1, 0.15) is 43.0 Å². The number of carbonyl (C=O) groups excluding carboxylic acids is 1. The number of nitrogens with zero attached hydrogens (tertiary/aromatic N) is 3. The van der Waals surface area contributed by atoms with Gasteiger partial charge in [0, 0.05) is 56.8 Å². The number of likely N-dealkylation sites (tertiary alicyclic amines) is 1. The first kappa shape index (κ1) is 25.1. The van der Waals surface area contributed by atoms with Gasteiger partial charge in [0.1, 0.15) is 0 Å². The van der Waals surface area contributed by atoms with Crippen LogP contribution < -0.4 is 16.0 Å². The number of piperidine rings is 1. The number of rotatable bonds is 9. The number of aliphatic imine (C=N–C) groups is 1. The Morgan fingerprint density at radius 2 is 2.04 bits per heavy atom. The van der Waals surface area contributed by atoms with E-state index in [1.807, 2.05) is 6.20 Å². The van der Waals surface area contributed by atoms with Gasteiger partial charge in [-0.1, -0.05) is 13.8 Å². The maximum absolute atomic E-state index is 11.8. The maximum atomic E-state index is 11.8. The van der Waals surface area contributed by atoms with Crippen molar-refractivity contribution in [3.05, 3.63) is 16.1 Å². The largest absolute Gasteiger partial charge is 0.356 e. The fourth-order valence-electron chi connectivity index (χ4n) is 3.06. The molecule has 2 heterocycles. The molecule has 0 radical (unpaired) electrons. The third-order valence-corrected chi connectivity index (χ3v) is 5.87. The average Bonchev–Trinajstić information content (AvgIpc) is 3.15. The number of amides is 1. The first-order chi connectivity index (χ1) is 13.1. The van der Waals surface area contributed by atoms with Crippen LogP contribution in [0.15, 0.2) is 11.2 Å². The van der Waals surface area contributed by atoms with E-state index in [0.717, 1.165) is 64.2 Å². The number of thiazole rings is 1. The summed E-state index contributed by atoms with van der Waals surface area (Å²) in [7, 11) is 1.81. The number of guanidine groups is 1. The summed E-state index contributed by atoms with van der Waals surface area (Å²) in [5.41, 5.74) is 0. The van der Waals surface area contributed by atoms with Crippen molar-refractivity contribution in [2.24, 2.45) is 4.99 Å². The van der Waals surface area contributed by atoms with Crippen LogP contribution in [0.25, 0.3) is 0 Å². The normalized spacial score (nSPS) is 15.8. The monoisotopic (exact) mass is 522 g/mol. The highest BCUT2D eigenvalue weighted by Crippen LogP contribution is 2.13. The van der Waals surface area contributed by atoms with E-state index in [1.165, 1.54) is 9.88 Å². The van der Waals surface area contributed by atoms with Crippen molar-refractivity contribution < 1.29 is 4.79 Å². The van der Waals surface area contributed by atoms with Crippen molar-refractivity contribution in [1.29, 1.82) is 0 Å². The van der Waals surface area contributed by atoms with Crippen LogP contribution in [0.4, 0.5) is 0 Å². The summed E-state index contributed by atoms with van der Waals surface area (Å²) < 4.78 is 0. The molecule has 0 bridgehead atoms. The van der Waals surface area contributed by atoms with Crippen molar-refractivity contribution in [2.45, 2.75) is 52.0 Å². The number of aromatic nitrogens is 1. The number of hydrogen-bond acceptors (Lipinski definition) is 5. The lowest BCUT2D eigenvalue weighted by Crippen LogP contribution is -2.50. The van der Waals surface area contributed by atoms with Crippen molar-refractivity contribution >= 4 is 47.2 Å². The van der Waals surface area contributed by atoms with Crippen LogP contribution in [-0.2, 0) is 17.6 Å². The second-order valence-electron chi connectivity index (χ2n) is 6.87. The van der Waals surface area contributed by atoms with Gasteiger partial charge in [-0.15, -0.1) is 35.3 Å². The van der Waals surface area contributed by atoms with Crippen LogP contribution in [0.5, 0.6) is 0 Å². The fourth-order valence-corrected chi connectivity index (χ4v) is 3.92. The van der Waals surface area contributed by atoms with Gasteiger partial charge in [0.2, 0.25) is 5.91 Å². The van der Waals surface area contributed by atoms with Crippen LogP contribution in [0.2, 0.25) is 0 Å². The quantitative estimate of drug-likeness (QED) is 0.263. The highest BCUT2D eigenvalue weighted by atomic mass is 127. The number of halogens is 1. The third-order valence-electron chi connectivity index (χ3n) is 4.67. The number of carbonyl (C=O) groups is 1. The van der Waals surface area contributed by atoms with Gasteiger partial charge >= 0.3 is 0 Å². The van der Waals surface area contributed by atoms with Gasteiger partial charge in [-0.3, -0.25) is 14.7 Å². The zero-order valence-electron chi connectivity index (χ0n) is 17.3. The molecule has 1 aliphatic rings. The van der Waals surface area contributed by atoms with E-state index in [1.54, 1.807) is 18.4 Å². The lowest BCUT2D eigenvalue weighted by atomic mass is 10.1. The molecule has 7 nitrogen and oxygen atoms in total. The number of hydrogen-bond donors (Lipinski definition) is 3. The molecular formula is C19H35IN6OS. The van der Waals surface area contributed by atoms with Gasteiger partial charge < -0.3 is 16.0 Å². The van der Waals surface area contributed by atoms with Crippen LogP contribution in [0.3, 0.4) is 0 Å². The summed E-state index contributed by atoms with van der Waals surface area (Å²) in [6, 6.07) is 0.401. The molecule has 0 saturated carbocycles. The number of aryl methyl sites for hydroxylation is 1. The van der Waals surface area contributed by atoms with E-state index in [9.17, 15) is 4.79 Å². The molecule has 0 unspecified atom stereocenters. The second-order valence-corrected chi connectivity index (χ2v) is 8.07. The maximum Gasteiger partial charge on any atom is 0.234 e. The molecule has 0 aliphatic carbocycles. The molecule has 1 saturated heterocycles. The highest BCUT2D eigenvalue weighted by Gasteiger charge is 2.21. The van der Waals surface area contributed by atoms with Gasteiger partial charge in [-0.05, 0) is 25.7 Å². The highest BCUT2D eigenvalue weighted by molar-refractivity contribution is 14.0. The van der Waals surface area contributed by atoms with Crippen molar-refractivity contribution in [3.8, 4) is 0 Å². The SMILES string of the molecule is CCCNC(=O)CN1CCC(NC(=NC)NCCc2ncc(CC)s2)CC1.I. The Labute approximate surface area is 190 Å². The summed E-state index contributed by atoms with van der Waals surface area (Å²) in [5, 5.41) is 11.0. The molecule has 0 spiro atoms. The minimum absolute atomic E-state index is 0. The topological polar surface area (TPSA) is 81.7 Å². The summed E-state index contributed by atoms with van der Waals surface area (Å²) in [5.74, 6) is 0.982. The Balaban J connectivity index is 0.00000392. The Bertz CT molecular complexity index is 601. The Morgan fingerprint density at radius 3 is 2.64 bits per heavy atom. The summed E-state index contributed by atoms with van der Waals surface area (Å²) in [4.78, 5) is 24.2. The van der Waals surface area contributed by atoms with E-state index in [2.05, 4.69) is 44.7 Å². The molecule has 3 N–H and O–H groups in total. The minimum atomic E-state index is 0. The molecule has 28 heavy (non-hydrogen) atoms. The van der Waals surface area contributed by atoms with Crippen molar-refractivity contribution in [3.63, 3.8) is 0 Å². The molecule has 1 aromatic heterocycles. The molecule has 160 valence electrons. The van der Waals surface area contributed by atoms with Gasteiger partial charge in [0.05, 0.1) is 11.6 Å². The zero-order chi connectivity index (χ0) is 19.5. The smallest absolute Gasteiger partial charge is 0.234 e. The zero-order valence-corrected chi connectivity index (χ0v) is 20.4. The molecule has 1 amide bonds. The summed E-state index contributed by atoms with van der Waals surface area (Å²) in [6.07, 6.45) is 6.96. The lowest BCUT2D eigenvalue weighted by Gasteiger charge is -2.32. The molecular weight excluding hydrogens is 487 g/mol. The fraction of sp³-hybridized carbons (Fsp3) is 0.737. The van der Waals surface area contributed by atoms with E-state index in [4.69, 9.17) is 0 Å². The van der Waals surface area contributed by atoms with E-state index >= 15 is 0 Å². The van der Waals surface area contributed by atoms with Gasteiger partial charge in [0.25, 0.3) is 0 Å². The molecule has 0 aromatic carbocycles. The van der Waals surface area contributed by atoms with Gasteiger partial charge in [0.15, 0.2) is 5.96 Å². The van der Waals surface area contributed by atoms with E-state index < -0.39 is 0 Å². The first-order valence-corrected chi connectivity index (χ1v) is 10.9. The lowest BCUT2D eigenvalue weighted by molar-refractivity contribution is -0.122. The van der Waals surface area contributed by atoms with Crippen LogP contribution in [0, 0.1) is 0 Å². The molecule has 2 rings (SSSR count). The molecule has 1 aromatic rings. The van der Waals surface area contributed by atoms with Crippen molar-refractivity contribution in [2.75, 3.05) is 39.8 Å². The average molecular weight is 523 g/mol. The molecule has 0 atom stereocenters. The Hall–Kier alpha value is -0.940. The predicted octanol–water partition coefficient (Wildman–Crippen LogP) is 2.02. The molecule has 1 fully saturated rings. The summed E-state index contributed by atoms with van der Waals surface area (Å²) >= 11 is 1.79. The van der Waals surface area contributed by atoms with E-state index in [0.29, 0.717) is 12.6 Å². The molecule has 1 aliphatic heterocycles. The summed E-state index contributed by atoms with van der Waals surface area (Å²) in [6.45, 7) is 8.20. The minimum Gasteiger partial charge on any atom is -0.356 e. The van der Waals surface area contributed by atoms with Crippen molar-refractivity contribution in [1.82, 2.24) is 25.8 Å². The third kappa shape index (κ3) is 9.04. The first-order valence-electron chi connectivity index (χ1n) is 10.0. The van der Waals surface area contributed by atoms with E-state index in [-0.39, 0.29) is 29.9 Å². The predicted molar refractivity (Wildman–Crippen MR) is 128 cm³/mol. The second kappa shape index (κ2) is 14.1. The van der Waals surface area contributed by atoms with Crippen LogP contribution >= 0.6 is 35.3 Å².